The molecule has 0 saturated carbocycles. The van der Waals surface area contributed by atoms with Crippen LogP contribution in [0, 0.1) is 5.92 Å². The SMILES string of the molecule is CC(C)[C@@H](N[C@H](C)C(=O)N1CCN(c2ccccc2)CC1)c1ccc2c(c1)OCCCO2. The number of rotatable bonds is 6. The number of hydrogen-bond acceptors (Lipinski definition) is 5. The molecule has 1 amide bonds. The maximum absolute atomic E-state index is 13.2. The zero-order valence-corrected chi connectivity index (χ0v) is 19.4. The molecule has 2 aromatic carbocycles. The molecule has 6 heteroatoms. The van der Waals surface area contributed by atoms with E-state index in [1.54, 1.807) is 0 Å². The molecule has 1 saturated heterocycles. The number of benzene rings is 2. The molecule has 4 rings (SSSR count). The molecule has 32 heavy (non-hydrogen) atoms. The van der Waals surface area contributed by atoms with Crippen molar-refractivity contribution >= 4 is 11.6 Å². The molecule has 2 aromatic rings. The molecule has 0 bridgehead atoms. The molecular formula is C26H35N3O3. The third-order valence-electron chi connectivity index (χ3n) is 6.31. The van der Waals surface area contributed by atoms with Gasteiger partial charge in [0.05, 0.1) is 19.3 Å². The van der Waals surface area contributed by atoms with Gasteiger partial charge >= 0.3 is 0 Å². The summed E-state index contributed by atoms with van der Waals surface area (Å²) < 4.78 is 11.7. The van der Waals surface area contributed by atoms with E-state index in [0.717, 1.165) is 49.7 Å². The fraction of sp³-hybridized carbons (Fsp3) is 0.500. The van der Waals surface area contributed by atoms with Gasteiger partial charge in [0, 0.05) is 44.3 Å². The van der Waals surface area contributed by atoms with Crippen LogP contribution in [0.5, 0.6) is 11.5 Å². The van der Waals surface area contributed by atoms with E-state index in [0.29, 0.717) is 19.1 Å². The number of anilines is 1. The van der Waals surface area contributed by atoms with Gasteiger partial charge in [-0.3, -0.25) is 10.1 Å². The Morgan fingerprint density at radius 2 is 1.59 bits per heavy atom. The number of para-hydroxylation sites is 1. The molecule has 0 radical (unpaired) electrons. The van der Waals surface area contributed by atoms with Gasteiger partial charge in [0.25, 0.3) is 0 Å². The highest BCUT2D eigenvalue weighted by atomic mass is 16.5. The molecule has 1 fully saturated rings. The highest BCUT2D eigenvalue weighted by Crippen LogP contribution is 2.34. The van der Waals surface area contributed by atoms with Gasteiger partial charge < -0.3 is 19.3 Å². The molecule has 6 nitrogen and oxygen atoms in total. The van der Waals surface area contributed by atoms with Crippen molar-refractivity contribution in [2.75, 3.05) is 44.3 Å². The summed E-state index contributed by atoms with van der Waals surface area (Å²) in [4.78, 5) is 17.5. The van der Waals surface area contributed by atoms with Crippen molar-refractivity contribution in [1.82, 2.24) is 10.2 Å². The number of amides is 1. The summed E-state index contributed by atoms with van der Waals surface area (Å²) in [6, 6.07) is 16.3. The van der Waals surface area contributed by atoms with Gasteiger partial charge in [0.1, 0.15) is 0 Å². The second kappa shape index (κ2) is 10.3. The predicted molar refractivity (Wildman–Crippen MR) is 127 cm³/mol. The van der Waals surface area contributed by atoms with Crippen LogP contribution in [0.2, 0.25) is 0 Å². The maximum Gasteiger partial charge on any atom is 0.239 e. The lowest BCUT2D eigenvalue weighted by Gasteiger charge is -2.38. The van der Waals surface area contributed by atoms with Crippen molar-refractivity contribution < 1.29 is 14.3 Å². The average molecular weight is 438 g/mol. The van der Waals surface area contributed by atoms with Crippen LogP contribution in [0.4, 0.5) is 5.69 Å². The van der Waals surface area contributed by atoms with Crippen molar-refractivity contribution in [3.8, 4) is 11.5 Å². The van der Waals surface area contributed by atoms with Gasteiger partial charge in [-0.1, -0.05) is 38.1 Å². The smallest absolute Gasteiger partial charge is 0.239 e. The van der Waals surface area contributed by atoms with Gasteiger partial charge in [0.2, 0.25) is 5.91 Å². The lowest BCUT2D eigenvalue weighted by atomic mass is 9.94. The minimum Gasteiger partial charge on any atom is -0.490 e. The number of nitrogens with zero attached hydrogens (tertiary/aromatic N) is 2. The minimum atomic E-state index is -0.262. The van der Waals surface area contributed by atoms with Crippen LogP contribution in [0.1, 0.15) is 38.8 Å². The van der Waals surface area contributed by atoms with Crippen LogP contribution < -0.4 is 19.7 Å². The van der Waals surface area contributed by atoms with E-state index in [-0.39, 0.29) is 18.0 Å². The van der Waals surface area contributed by atoms with Gasteiger partial charge in [-0.15, -0.1) is 0 Å². The summed E-state index contributed by atoms with van der Waals surface area (Å²) in [6.07, 6.45) is 0.888. The zero-order chi connectivity index (χ0) is 22.5. The van der Waals surface area contributed by atoms with E-state index in [1.165, 1.54) is 5.69 Å². The molecular weight excluding hydrogens is 402 g/mol. The highest BCUT2D eigenvalue weighted by molar-refractivity contribution is 5.81. The van der Waals surface area contributed by atoms with E-state index < -0.39 is 0 Å². The van der Waals surface area contributed by atoms with Crippen LogP contribution in [-0.4, -0.2) is 56.2 Å². The fourth-order valence-corrected chi connectivity index (χ4v) is 4.49. The highest BCUT2D eigenvalue weighted by Gasteiger charge is 2.28. The summed E-state index contributed by atoms with van der Waals surface area (Å²) in [5.41, 5.74) is 2.35. The van der Waals surface area contributed by atoms with Gasteiger partial charge in [-0.05, 0) is 42.7 Å². The van der Waals surface area contributed by atoms with Gasteiger partial charge in [-0.25, -0.2) is 0 Å². The molecule has 1 N–H and O–H groups in total. The number of carbonyl (C=O) groups excluding carboxylic acids is 1. The normalized spacial score (nSPS) is 18.2. The van der Waals surface area contributed by atoms with Crippen molar-refractivity contribution in [3.63, 3.8) is 0 Å². The standard InChI is InChI=1S/C26H35N3O3/c1-19(2)25(21-10-11-23-24(18-21)32-17-7-16-31-23)27-20(3)26(30)29-14-12-28(13-15-29)22-8-5-4-6-9-22/h4-6,8-11,18-20,25,27H,7,12-17H2,1-3H3/t20-,25-/m1/s1. The summed E-state index contributed by atoms with van der Waals surface area (Å²) in [7, 11) is 0. The molecule has 2 atom stereocenters. The van der Waals surface area contributed by atoms with Crippen molar-refractivity contribution in [2.45, 2.75) is 39.3 Å². The van der Waals surface area contributed by atoms with Crippen molar-refractivity contribution in [1.29, 1.82) is 0 Å². The summed E-state index contributed by atoms with van der Waals surface area (Å²) in [6.45, 7) is 10.9. The van der Waals surface area contributed by atoms with E-state index in [4.69, 9.17) is 9.47 Å². The van der Waals surface area contributed by atoms with E-state index in [2.05, 4.69) is 60.5 Å². The monoisotopic (exact) mass is 437 g/mol. The Kier molecular flexibility index (Phi) is 7.20. The van der Waals surface area contributed by atoms with Crippen LogP contribution in [0.25, 0.3) is 0 Å². The molecule has 2 aliphatic rings. The number of hydrogen-bond donors (Lipinski definition) is 1. The Bertz CT molecular complexity index is 894. The number of ether oxygens (including phenoxy) is 2. The quantitative estimate of drug-likeness (QED) is 0.744. The molecule has 0 aliphatic carbocycles. The first-order chi connectivity index (χ1) is 15.5. The number of piperazine rings is 1. The topological polar surface area (TPSA) is 54.0 Å². The summed E-state index contributed by atoms with van der Waals surface area (Å²) in [5.74, 6) is 2.08. The zero-order valence-electron chi connectivity index (χ0n) is 19.4. The van der Waals surface area contributed by atoms with E-state index >= 15 is 0 Å². The molecule has 2 aliphatic heterocycles. The lowest BCUT2D eigenvalue weighted by Crippen LogP contribution is -2.54. The van der Waals surface area contributed by atoms with Gasteiger partial charge in [0.15, 0.2) is 11.5 Å². The number of carbonyl (C=O) groups is 1. The average Bonchev–Trinajstić information content (AvgIpc) is 3.07. The van der Waals surface area contributed by atoms with Crippen molar-refractivity contribution in [2.24, 2.45) is 5.92 Å². The summed E-state index contributed by atoms with van der Waals surface area (Å²) in [5, 5.41) is 3.59. The third-order valence-corrected chi connectivity index (χ3v) is 6.31. The van der Waals surface area contributed by atoms with Crippen molar-refractivity contribution in [3.05, 3.63) is 54.1 Å². The lowest BCUT2D eigenvalue weighted by molar-refractivity contribution is -0.133. The second-order valence-electron chi connectivity index (χ2n) is 9.01. The first kappa shape index (κ1) is 22.5. The largest absolute Gasteiger partial charge is 0.490 e. The molecule has 0 spiro atoms. The molecule has 2 heterocycles. The Hall–Kier alpha value is -2.73. The maximum atomic E-state index is 13.2. The fourth-order valence-electron chi connectivity index (χ4n) is 4.49. The Balaban J connectivity index is 1.38. The third kappa shape index (κ3) is 5.18. The summed E-state index contributed by atoms with van der Waals surface area (Å²) >= 11 is 0. The number of nitrogens with one attached hydrogen (secondary N) is 1. The first-order valence-electron chi connectivity index (χ1n) is 11.8. The predicted octanol–water partition coefficient (Wildman–Crippen LogP) is 3.87. The molecule has 0 unspecified atom stereocenters. The van der Waals surface area contributed by atoms with Gasteiger partial charge in [-0.2, -0.15) is 0 Å². The first-order valence-corrected chi connectivity index (χ1v) is 11.8. The Morgan fingerprint density at radius 1 is 0.906 bits per heavy atom. The van der Waals surface area contributed by atoms with Crippen LogP contribution in [-0.2, 0) is 4.79 Å². The Labute approximate surface area is 191 Å². The van der Waals surface area contributed by atoms with E-state index in [9.17, 15) is 4.79 Å². The molecule has 0 aromatic heterocycles. The van der Waals surface area contributed by atoms with Crippen LogP contribution >= 0.6 is 0 Å². The Morgan fingerprint density at radius 3 is 2.28 bits per heavy atom. The van der Waals surface area contributed by atoms with Crippen LogP contribution in [0.15, 0.2) is 48.5 Å². The van der Waals surface area contributed by atoms with Crippen LogP contribution in [0.3, 0.4) is 0 Å². The molecule has 172 valence electrons. The second-order valence-corrected chi connectivity index (χ2v) is 9.01. The van der Waals surface area contributed by atoms with E-state index in [1.807, 2.05) is 24.0 Å². The minimum absolute atomic E-state index is 0.0525. The number of fused-ring (bicyclic) bond motifs is 1.